The smallest absolute Gasteiger partial charge is 0.274 e. The van der Waals surface area contributed by atoms with E-state index in [1.165, 1.54) is 11.1 Å². The molecule has 1 amide bonds. The maximum Gasteiger partial charge on any atom is 0.274 e. The molecule has 5 heteroatoms. The predicted molar refractivity (Wildman–Crippen MR) is 91.4 cm³/mol. The molecule has 0 spiro atoms. The Morgan fingerprint density at radius 2 is 1.92 bits per heavy atom. The number of carbonyl (C=O) groups is 1. The van der Waals surface area contributed by atoms with Crippen molar-refractivity contribution in [3.63, 3.8) is 0 Å². The van der Waals surface area contributed by atoms with Crippen LogP contribution in [0.4, 0.5) is 0 Å². The quantitative estimate of drug-likeness (QED) is 0.669. The zero-order valence-corrected chi connectivity index (χ0v) is 13.8. The maximum atomic E-state index is 11.4. The van der Waals surface area contributed by atoms with Crippen LogP contribution in [0.25, 0.3) is 0 Å². The summed E-state index contributed by atoms with van der Waals surface area (Å²) in [5, 5.41) is 8.66. The van der Waals surface area contributed by atoms with Crippen molar-refractivity contribution in [2.75, 3.05) is 20.2 Å². The van der Waals surface area contributed by atoms with Gasteiger partial charge in [0.2, 0.25) is 0 Å². The molecule has 2 N–H and O–H groups in total. The molecule has 126 valence electrons. The van der Waals surface area contributed by atoms with Crippen molar-refractivity contribution in [3.8, 4) is 5.75 Å². The van der Waals surface area contributed by atoms with Crippen LogP contribution in [0.15, 0.2) is 42.5 Å². The van der Waals surface area contributed by atoms with E-state index >= 15 is 0 Å². The summed E-state index contributed by atoms with van der Waals surface area (Å²) in [5.74, 6) is 0.493. The van der Waals surface area contributed by atoms with E-state index in [0.29, 0.717) is 5.56 Å². The van der Waals surface area contributed by atoms with E-state index in [4.69, 9.17) is 9.94 Å². The molecular weight excluding hydrogens is 304 g/mol. The van der Waals surface area contributed by atoms with Crippen LogP contribution in [0.5, 0.6) is 5.75 Å². The number of fused-ring (bicyclic) bond motifs is 1. The maximum absolute atomic E-state index is 11.4. The predicted octanol–water partition coefficient (Wildman–Crippen LogP) is 2.42. The van der Waals surface area contributed by atoms with Crippen LogP contribution in [0, 0.1) is 0 Å². The minimum atomic E-state index is -0.487. The zero-order valence-electron chi connectivity index (χ0n) is 13.8. The molecule has 0 aliphatic carbocycles. The number of ether oxygens (including phenoxy) is 1. The minimum Gasteiger partial charge on any atom is -0.496 e. The summed E-state index contributed by atoms with van der Waals surface area (Å²) in [4.78, 5) is 13.8. The van der Waals surface area contributed by atoms with E-state index in [0.717, 1.165) is 43.8 Å². The van der Waals surface area contributed by atoms with Gasteiger partial charge in [-0.15, -0.1) is 0 Å². The third-order valence-corrected chi connectivity index (χ3v) is 4.55. The largest absolute Gasteiger partial charge is 0.496 e. The van der Waals surface area contributed by atoms with Crippen molar-refractivity contribution in [2.45, 2.75) is 19.4 Å². The van der Waals surface area contributed by atoms with Crippen LogP contribution in [0.3, 0.4) is 0 Å². The highest BCUT2D eigenvalue weighted by Gasteiger charge is 2.17. The van der Waals surface area contributed by atoms with Gasteiger partial charge in [0.1, 0.15) is 5.75 Å². The second kappa shape index (κ2) is 7.47. The monoisotopic (exact) mass is 326 g/mol. The van der Waals surface area contributed by atoms with Crippen molar-refractivity contribution in [3.05, 3.63) is 64.7 Å². The number of carbonyl (C=O) groups excluding carboxylic acids is 1. The van der Waals surface area contributed by atoms with E-state index < -0.39 is 5.91 Å². The van der Waals surface area contributed by atoms with Crippen LogP contribution in [-0.2, 0) is 19.4 Å². The fraction of sp³-hybridized carbons (Fsp3) is 0.316. The number of benzene rings is 2. The summed E-state index contributed by atoms with van der Waals surface area (Å²) in [6.45, 7) is 2.82. The highest BCUT2D eigenvalue weighted by atomic mass is 16.5. The lowest BCUT2D eigenvalue weighted by Gasteiger charge is -2.19. The van der Waals surface area contributed by atoms with Gasteiger partial charge in [-0.3, -0.25) is 14.9 Å². The average molecular weight is 326 g/mol. The molecular formula is C19H22N2O3. The minimum absolute atomic E-state index is 0.453. The molecule has 0 unspecified atom stereocenters. The van der Waals surface area contributed by atoms with Gasteiger partial charge in [0.05, 0.1) is 7.11 Å². The SMILES string of the molecule is COc1cccc2c1CCN(Cc1ccc(C(=O)NO)cc1)CC2. The van der Waals surface area contributed by atoms with Crippen LogP contribution < -0.4 is 10.2 Å². The molecule has 2 aromatic carbocycles. The van der Waals surface area contributed by atoms with Crippen molar-refractivity contribution in [1.29, 1.82) is 0 Å². The van der Waals surface area contributed by atoms with Gasteiger partial charge in [-0.2, -0.15) is 0 Å². The lowest BCUT2D eigenvalue weighted by atomic mass is 10.0. The number of hydrogen-bond donors (Lipinski definition) is 2. The van der Waals surface area contributed by atoms with Gasteiger partial charge in [0.15, 0.2) is 0 Å². The summed E-state index contributed by atoms with van der Waals surface area (Å²) >= 11 is 0. The fourth-order valence-electron chi connectivity index (χ4n) is 3.22. The standard InChI is InChI=1S/C19H22N2O3/c1-24-18-4-2-3-15-9-11-21(12-10-17(15)18)13-14-5-7-16(8-6-14)19(22)20-23/h2-8,23H,9-13H2,1H3,(H,20,22). The van der Waals surface area contributed by atoms with E-state index in [1.54, 1.807) is 24.7 Å². The molecule has 0 aromatic heterocycles. The molecule has 0 atom stereocenters. The summed E-state index contributed by atoms with van der Waals surface area (Å²) in [6, 6.07) is 13.6. The molecule has 1 aliphatic rings. The van der Waals surface area contributed by atoms with Crippen molar-refractivity contribution >= 4 is 5.91 Å². The third-order valence-electron chi connectivity index (χ3n) is 4.55. The van der Waals surface area contributed by atoms with Gasteiger partial charge in [-0.25, -0.2) is 5.48 Å². The number of hydrogen-bond acceptors (Lipinski definition) is 4. The number of rotatable bonds is 4. The van der Waals surface area contributed by atoms with Gasteiger partial charge >= 0.3 is 0 Å². The molecule has 0 radical (unpaired) electrons. The number of methoxy groups -OCH3 is 1. The summed E-state index contributed by atoms with van der Waals surface area (Å²) in [5.41, 5.74) is 5.94. The zero-order chi connectivity index (χ0) is 16.9. The summed E-state index contributed by atoms with van der Waals surface area (Å²) < 4.78 is 5.49. The first kappa shape index (κ1) is 16.5. The van der Waals surface area contributed by atoms with E-state index in [9.17, 15) is 4.79 Å². The normalized spacial score (nSPS) is 14.6. The highest BCUT2D eigenvalue weighted by molar-refractivity contribution is 5.93. The Morgan fingerprint density at radius 3 is 2.62 bits per heavy atom. The first-order valence-corrected chi connectivity index (χ1v) is 8.11. The van der Waals surface area contributed by atoms with E-state index in [2.05, 4.69) is 17.0 Å². The molecule has 5 nitrogen and oxygen atoms in total. The van der Waals surface area contributed by atoms with Gasteiger partial charge in [0.25, 0.3) is 5.91 Å². The Hall–Kier alpha value is -2.37. The first-order valence-electron chi connectivity index (χ1n) is 8.11. The summed E-state index contributed by atoms with van der Waals surface area (Å²) in [6.07, 6.45) is 1.99. The van der Waals surface area contributed by atoms with Crippen molar-refractivity contribution in [1.82, 2.24) is 10.4 Å². The molecule has 1 aliphatic heterocycles. The Morgan fingerprint density at radius 1 is 1.17 bits per heavy atom. The fourth-order valence-corrected chi connectivity index (χ4v) is 3.22. The Kier molecular flexibility index (Phi) is 5.13. The number of amides is 1. The third kappa shape index (κ3) is 3.58. The van der Waals surface area contributed by atoms with Crippen LogP contribution >= 0.6 is 0 Å². The van der Waals surface area contributed by atoms with Crippen molar-refractivity contribution in [2.24, 2.45) is 0 Å². The molecule has 24 heavy (non-hydrogen) atoms. The van der Waals surface area contributed by atoms with Gasteiger partial charge in [0, 0.05) is 25.2 Å². The Labute approximate surface area is 141 Å². The Balaban J connectivity index is 1.67. The molecule has 2 aromatic rings. The molecule has 0 saturated heterocycles. The number of nitrogens with one attached hydrogen (secondary N) is 1. The van der Waals surface area contributed by atoms with Gasteiger partial charge in [-0.05, 0) is 47.7 Å². The number of nitrogens with zero attached hydrogens (tertiary/aromatic N) is 1. The number of hydroxylamine groups is 1. The molecule has 0 fully saturated rings. The Bertz CT molecular complexity index is 713. The van der Waals surface area contributed by atoms with Crippen LogP contribution in [0.1, 0.15) is 27.0 Å². The topological polar surface area (TPSA) is 61.8 Å². The lowest BCUT2D eigenvalue weighted by Crippen LogP contribution is -2.26. The molecule has 0 saturated carbocycles. The second-order valence-electron chi connectivity index (χ2n) is 6.01. The van der Waals surface area contributed by atoms with Crippen LogP contribution in [-0.4, -0.2) is 36.2 Å². The van der Waals surface area contributed by atoms with Gasteiger partial charge in [-0.1, -0.05) is 24.3 Å². The molecule has 0 bridgehead atoms. The highest BCUT2D eigenvalue weighted by Crippen LogP contribution is 2.26. The first-order chi connectivity index (χ1) is 11.7. The van der Waals surface area contributed by atoms with Crippen molar-refractivity contribution < 1.29 is 14.7 Å². The van der Waals surface area contributed by atoms with Gasteiger partial charge < -0.3 is 4.74 Å². The lowest BCUT2D eigenvalue weighted by molar-refractivity contribution is 0.0706. The second-order valence-corrected chi connectivity index (χ2v) is 6.01. The molecule has 3 rings (SSSR count). The average Bonchev–Trinajstić information content (AvgIpc) is 2.84. The molecule has 1 heterocycles. The van der Waals surface area contributed by atoms with E-state index in [1.807, 2.05) is 18.2 Å². The van der Waals surface area contributed by atoms with E-state index in [-0.39, 0.29) is 0 Å². The van der Waals surface area contributed by atoms with Crippen LogP contribution in [0.2, 0.25) is 0 Å². The summed E-state index contributed by atoms with van der Waals surface area (Å²) in [7, 11) is 1.72.